The van der Waals surface area contributed by atoms with Gasteiger partial charge in [0.2, 0.25) is 0 Å². The molecule has 0 radical (unpaired) electrons. The van der Waals surface area contributed by atoms with E-state index in [1.807, 2.05) is 0 Å². The van der Waals surface area contributed by atoms with Gasteiger partial charge in [-0.05, 0) is 25.7 Å². The summed E-state index contributed by atoms with van der Waals surface area (Å²) in [4.78, 5) is 0. The lowest BCUT2D eigenvalue weighted by molar-refractivity contribution is 0.566. The molecular weight excluding hydrogens is 158 g/mol. The van der Waals surface area contributed by atoms with E-state index in [4.69, 9.17) is 0 Å². The molecule has 0 amide bonds. The van der Waals surface area contributed by atoms with Crippen LogP contribution >= 0.6 is 0 Å². The van der Waals surface area contributed by atoms with Crippen molar-refractivity contribution in [1.29, 1.82) is 0 Å². The number of hydrogen-bond donors (Lipinski definition) is 1. The molecule has 0 bridgehead atoms. The number of allylic oxidation sites excluding steroid dienone is 2. The van der Waals surface area contributed by atoms with Gasteiger partial charge in [0.15, 0.2) is 0 Å². The van der Waals surface area contributed by atoms with Gasteiger partial charge in [0.1, 0.15) is 0 Å². The number of rotatable bonds is 0. The summed E-state index contributed by atoms with van der Waals surface area (Å²) in [7, 11) is 0. The lowest BCUT2D eigenvalue weighted by Gasteiger charge is -2.02. The van der Waals surface area contributed by atoms with E-state index in [-0.39, 0.29) is 6.15 Å². The lowest BCUT2D eigenvalue weighted by atomic mass is 10.0. The summed E-state index contributed by atoms with van der Waals surface area (Å²) < 4.78 is 0. The quantitative estimate of drug-likeness (QED) is 0.546. The summed E-state index contributed by atoms with van der Waals surface area (Å²) in [6.45, 7) is 0. The molecule has 0 unspecified atom stereocenters. The average Bonchev–Trinajstić information content (AvgIpc) is 2.05. The predicted molar refractivity (Wildman–Crippen MR) is 60.3 cm³/mol. The van der Waals surface area contributed by atoms with Gasteiger partial charge in [-0.2, -0.15) is 0 Å². The highest BCUT2D eigenvalue weighted by atomic mass is 14.0. The normalized spacial score (nSPS) is 20.9. The van der Waals surface area contributed by atoms with Crippen LogP contribution in [0.1, 0.15) is 64.2 Å². The molecule has 1 rings (SSSR count). The first-order chi connectivity index (χ1) is 6.00. The van der Waals surface area contributed by atoms with E-state index in [9.17, 15) is 0 Å². The monoisotopic (exact) mass is 183 g/mol. The summed E-state index contributed by atoms with van der Waals surface area (Å²) in [5, 5.41) is 0. The molecule has 0 saturated carbocycles. The molecule has 1 nitrogen and oxygen atoms in total. The van der Waals surface area contributed by atoms with E-state index >= 15 is 0 Å². The average molecular weight is 183 g/mol. The first-order valence-corrected chi connectivity index (χ1v) is 5.65. The fourth-order valence-corrected chi connectivity index (χ4v) is 1.82. The highest BCUT2D eigenvalue weighted by Gasteiger charge is 1.92. The van der Waals surface area contributed by atoms with Crippen molar-refractivity contribution in [2.75, 3.05) is 0 Å². The molecule has 0 aromatic rings. The maximum absolute atomic E-state index is 2.38. The zero-order chi connectivity index (χ0) is 8.49. The molecular formula is C12H25N. The van der Waals surface area contributed by atoms with Crippen LogP contribution in [0.3, 0.4) is 0 Å². The minimum Gasteiger partial charge on any atom is -0.344 e. The molecule has 78 valence electrons. The van der Waals surface area contributed by atoms with Gasteiger partial charge in [0, 0.05) is 0 Å². The van der Waals surface area contributed by atoms with Crippen molar-refractivity contribution in [2.45, 2.75) is 64.2 Å². The molecule has 1 heteroatoms. The van der Waals surface area contributed by atoms with E-state index in [0.717, 1.165) is 0 Å². The lowest BCUT2D eigenvalue weighted by Crippen LogP contribution is -1.82. The minimum absolute atomic E-state index is 0. The van der Waals surface area contributed by atoms with Gasteiger partial charge in [-0.1, -0.05) is 50.7 Å². The largest absolute Gasteiger partial charge is 0.344 e. The Balaban J connectivity index is 0.00000144. The molecule has 0 aliphatic heterocycles. The van der Waals surface area contributed by atoms with E-state index in [0.29, 0.717) is 0 Å². The molecule has 0 heterocycles. The Bertz CT molecular complexity index is 104. The molecule has 0 spiro atoms. The van der Waals surface area contributed by atoms with Crippen LogP contribution in [0.4, 0.5) is 0 Å². The standard InChI is InChI=1S/C12H22.H3N/c1-2-4-6-8-10-12-11-9-7-5-3-1;/h1-2H,3-12H2;1H3. The summed E-state index contributed by atoms with van der Waals surface area (Å²) in [5.41, 5.74) is 0. The Hall–Kier alpha value is -0.300. The van der Waals surface area contributed by atoms with E-state index < -0.39 is 0 Å². The maximum atomic E-state index is 2.38. The second-order valence-electron chi connectivity index (χ2n) is 3.88. The molecule has 13 heavy (non-hydrogen) atoms. The maximum Gasteiger partial charge on any atom is -0.0351 e. The van der Waals surface area contributed by atoms with Crippen LogP contribution in [0, 0.1) is 0 Å². The smallest absolute Gasteiger partial charge is 0.0351 e. The van der Waals surface area contributed by atoms with Gasteiger partial charge in [0.05, 0.1) is 0 Å². The van der Waals surface area contributed by atoms with Crippen LogP contribution in [0.5, 0.6) is 0 Å². The van der Waals surface area contributed by atoms with Gasteiger partial charge in [-0.25, -0.2) is 0 Å². The van der Waals surface area contributed by atoms with Gasteiger partial charge >= 0.3 is 0 Å². The van der Waals surface area contributed by atoms with Crippen LogP contribution in [0.2, 0.25) is 0 Å². The zero-order valence-electron chi connectivity index (χ0n) is 8.93. The highest BCUT2D eigenvalue weighted by Crippen LogP contribution is 2.12. The van der Waals surface area contributed by atoms with Gasteiger partial charge in [0.25, 0.3) is 0 Å². The van der Waals surface area contributed by atoms with Crippen molar-refractivity contribution in [1.82, 2.24) is 6.15 Å². The Labute approximate surface area is 83.2 Å². The molecule has 0 aromatic heterocycles. The predicted octanol–water partition coefficient (Wildman–Crippen LogP) is 4.62. The fourth-order valence-electron chi connectivity index (χ4n) is 1.82. The molecule has 0 atom stereocenters. The Morgan fingerprint density at radius 3 is 1.15 bits per heavy atom. The van der Waals surface area contributed by atoms with E-state index in [2.05, 4.69) is 12.2 Å². The summed E-state index contributed by atoms with van der Waals surface area (Å²) in [6, 6.07) is 0. The number of hydrogen-bond acceptors (Lipinski definition) is 1. The second-order valence-corrected chi connectivity index (χ2v) is 3.88. The molecule has 3 N–H and O–H groups in total. The van der Waals surface area contributed by atoms with Crippen molar-refractivity contribution in [3.8, 4) is 0 Å². The topological polar surface area (TPSA) is 35.0 Å². The molecule has 0 fully saturated rings. The Morgan fingerprint density at radius 2 is 0.769 bits per heavy atom. The second kappa shape index (κ2) is 9.79. The fraction of sp³-hybridized carbons (Fsp3) is 0.833. The van der Waals surface area contributed by atoms with E-state index in [1.165, 1.54) is 64.2 Å². The highest BCUT2D eigenvalue weighted by molar-refractivity contribution is 4.81. The zero-order valence-corrected chi connectivity index (χ0v) is 8.93. The van der Waals surface area contributed by atoms with Crippen molar-refractivity contribution in [2.24, 2.45) is 0 Å². The molecule has 0 saturated heterocycles. The molecule has 0 aromatic carbocycles. The minimum atomic E-state index is 0. The van der Waals surface area contributed by atoms with Crippen molar-refractivity contribution in [3.05, 3.63) is 12.2 Å². The third-order valence-electron chi connectivity index (χ3n) is 2.66. The SMILES string of the molecule is C1=CCCCCCCCCCC1.N. The van der Waals surface area contributed by atoms with E-state index in [1.54, 1.807) is 0 Å². The molecule has 1 aliphatic rings. The summed E-state index contributed by atoms with van der Waals surface area (Å²) >= 11 is 0. The van der Waals surface area contributed by atoms with Crippen molar-refractivity contribution in [3.63, 3.8) is 0 Å². The Morgan fingerprint density at radius 1 is 0.462 bits per heavy atom. The third-order valence-corrected chi connectivity index (χ3v) is 2.66. The van der Waals surface area contributed by atoms with Gasteiger partial charge in [-0.3, -0.25) is 0 Å². The first-order valence-electron chi connectivity index (χ1n) is 5.65. The van der Waals surface area contributed by atoms with Crippen LogP contribution in [-0.4, -0.2) is 0 Å². The van der Waals surface area contributed by atoms with Crippen LogP contribution < -0.4 is 6.15 Å². The van der Waals surface area contributed by atoms with Crippen molar-refractivity contribution >= 4 is 0 Å². The first kappa shape index (κ1) is 12.7. The van der Waals surface area contributed by atoms with Gasteiger partial charge in [-0.15, -0.1) is 0 Å². The third kappa shape index (κ3) is 8.04. The summed E-state index contributed by atoms with van der Waals surface area (Å²) in [5.74, 6) is 0. The van der Waals surface area contributed by atoms with Crippen LogP contribution in [0.15, 0.2) is 12.2 Å². The van der Waals surface area contributed by atoms with Gasteiger partial charge < -0.3 is 6.15 Å². The van der Waals surface area contributed by atoms with Crippen molar-refractivity contribution < 1.29 is 0 Å². The van der Waals surface area contributed by atoms with Crippen LogP contribution in [-0.2, 0) is 0 Å². The summed E-state index contributed by atoms with van der Waals surface area (Å²) in [6.07, 6.45) is 19.0. The Kier molecular flexibility index (Phi) is 9.56. The van der Waals surface area contributed by atoms with Crippen LogP contribution in [0.25, 0.3) is 0 Å². The molecule has 1 aliphatic carbocycles.